The normalized spacial score (nSPS) is 24.1. The van der Waals surface area contributed by atoms with Gasteiger partial charge in [-0.1, -0.05) is 18.9 Å². The zero-order valence-corrected chi connectivity index (χ0v) is 16.5. The van der Waals surface area contributed by atoms with Crippen molar-refractivity contribution in [2.45, 2.75) is 38.8 Å². The number of ether oxygens (including phenoxy) is 2. The van der Waals surface area contributed by atoms with E-state index in [0.29, 0.717) is 12.5 Å². The van der Waals surface area contributed by atoms with Gasteiger partial charge in [0.1, 0.15) is 0 Å². The summed E-state index contributed by atoms with van der Waals surface area (Å²) in [6.07, 6.45) is 4.25. The number of nitrogens with one attached hydrogen (secondary N) is 1. The smallest absolute Gasteiger partial charge is 0.387 e. The SMILES string of the molecule is COc1ccc(CN(C)C(=O)[C@@]23CCCC[C@H]2CNC3)cc1OC(F)F.Cl. The molecule has 1 heterocycles. The van der Waals surface area contributed by atoms with Crippen LogP contribution < -0.4 is 14.8 Å². The zero-order valence-electron chi connectivity index (χ0n) is 15.7. The van der Waals surface area contributed by atoms with Gasteiger partial charge < -0.3 is 19.7 Å². The Morgan fingerprint density at radius 2 is 2.15 bits per heavy atom. The van der Waals surface area contributed by atoms with Crippen LogP contribution in [0.25, 0.3) is 0 Å². The van der Waals surface area contributed by atoms with Gasteiger partial charge in [-0.3, -0.25) is 4.79 Å². The number of carbonyl (C=O) groups is 1. The van der Waals surface area contributed by atoms with Crippen molar-refractivity contribution in [3.05, 3.63) is 23.8 Å². The van der Waals surface area contributed by atoms with Crippen molar-refractivity contribution in [2.24, 2.45) is 11.3 Å². The molecule has 27 heavy (non-hydrogen) atoms. The van der Waals surface area contributed by atoms with E-state index < -0.39 is 6.61 Å². The predicted molar refractivity (Wildman–Crippen MR) is 101 cm³/mol. The third-order valence-electron chi connectivity index (χ3n) is 5.67. The number of benzene rings is 1. The van der Waals surface area contributed by atoms with Crippen LogP contribution >= 0.6 is 12.4 Å². The Balaban J connectivity index is 0.00000261. The summed E-state index contributed by atoms with van der Waals surface area (Å²) in [6.45, 7) is -0.959. The highest BCUT2D eigenvalue weighted by Gasteiger charge is 2.50. The summed E-state index contributed by atoms with van der Waals surface area (Å²) in [5.74, 6) is 0.755. The minimum Gasteiger partial charge on any atom is -0.493 e. The summed E-state index contributed by atoms with van der Waals surface area (Å²) >= 11 is 0. The molecule has 0 bridgehead atoms. The molecule has 2 fully saturated rings. The molecule has 1 aromatic carbocycles. The molecule has 0 unspecified atom stereocenters. The Bertz CT molecular complexity index is 662. The molecule has 1 N–H and O–H groups in total. The van der Waals surface area contributed by atoms with Crippen LogP contribution in [0.3, 0.4) is 0 Å². The topological polar surface area (TPSA) is 50.8 Å². The molecule has 2 atom stereocenters. The van der Waals surface area contributed by atoms with Gasteiger partial charge in [-0.05, 0) is 43.0 Å². The Morgan fingerprint density at radius 3 is 2.85 bits per heavy atom. The molecule has 2 aliphatic rings. The van der Waals surface area contributed by atoms with Crippen molar-refractivity contribution in [1.29, 1.82) is 0 Å². The van der Waals surface area contributed by atoms with E-state index in [1.165, 1.54) is 19.6 Å². The average Bonchev–Trinajstić information content (AvgIpc) is 3.06. The van der Waals surface area contributed by atoms with Crippen LogP contribution in [0.4, 0.5) is 8.78 Å². The molecule has 152 valence electrons. The van der Waals surface area contributed by atoms with Crippen molar-refractivity contribution in [3.8, 4) is 11.5 Å². The van der Waals surface area contributed by atoms with Gasteiger partial charge >= 0.3 is 6.61 Å². The molecule has 1 aliphatic carbocycles. The van der Waals surface area contributed by atoms with Crippen molar-refractivity contribution in [2.75, 3.05) is 27.2 Å². The number of fused-ring (bicyclic) bond motifs is 1. The number of alkyl halides is 2. The number of amides is 1. The number of hydrogen-bond donors (Lipinski definition) is 1. The Hall–Kier alpha value is -1.60. The van der Waals surface area contributed by atoms with Crippen LogP contribution in [0.15, 0.2) is 18.2 Å². The molecule has 0 radical (unpaired) electrons. The standard InChI is InChI=1S/C19H26F2N2O3.ClH/c1-23(17(24)19-8-4-3-5-14(19)10-22-12-19)11-13-6-7-15(25-2)16(9-13)26-18(20)21;/h6-7,9,14,18,22H,3-5,8,10-12H2,1-2H3;1H/t14-,19+;/m0./s1. The van der Waals surface area contributed by atoms with Crippen LogP contribution in [-0.4, -0.2) is 44.7 Å². The first-order chi connectivity index (χ1) is 12.5. The van der Waals surface area contributed by atoms with Gasteiger partial charge in [0.15, 0.2) is 11.5 Å². The fraction of sp³-hybridized carbons (Fsp3) is 0.632. The van der Waals surface area contributed by atoms with Crippen molar-refractivity contribution in [3.63, 3.8) is 0 Å². The lowest BCUT2D eigenvalue weighted by Gasteiger charge is -2.39. The molecular weight excluding hydrogens is 378 g/mol. The van der Waals surface area contributed by atoms with E-state index in [1.807, 2.05) is 0 Å². The van der Waals surface area contributed by atoms with Crippen LogP contribution in [0.2, 0.25) is 0 Å². The lowest BCUT2D eigenvalue weighted by atomic mass is 9.67. The number of rotatable bonds is 6. The highest BCUT2D eigenvalue weighted by atomic mass is 35.5. The first-order valence-corrected chi connectivity index (χ1v) is 9.04. The van der Waals surface area contributed by atoms with Crippen LogP contribution in [-0.2, 0) is 11.3 Å². The van der Waals surface area contributed by atoms with Crippen molar-refractivity contribution < 1.29 is 23.0 Å². The largest absolute Gasteiger partial charge is 0.493 e. The first-order valence-electron chi connectivity index (χ1n) is 9.04. The second kappa shape index (κ2) is 9.06. The van der Waals surface area contributed by atoms with Gasteiger partial charge in [0, 0.05) is 20.1 Å². The Labute approximate surface area is 164 Å². The fourth-order valence-corrected chi connectivity index (χ4v) is 4.40. The quantitative estimate of drug-likeness (QED) is 0.789. The van der Waals surface area contributed by atoms with Crippen LogP contribution in [0.1, 0.15) is 31.2 Å². The molecular formula is C19H27ClF2N2O3. The minimum absolute atomic E-state index is 0. The maximum absolute atomic E-state index is 13.2. The molecule has 1 aromatic rings. The second-order valence-electron chi connectivity index (χ2n) is 7.25. The molecule has 5 nitrogen and oxygen atoms in total. The second-order valence-corrected chi connectivity index (χ2v) is 7.25. The third kappa shape index (κ3) is 4.46. The molecule has 8 heteroatoms. The van der Waals surface area contributed by atoms with Gasteiger partial charge in [0.2, 0.25) is 5.91 Å². The Kier molecular flexibility index (Phi) is 7.28. The van der Waals surface area contributed by atoms with E-state index in [4.69, 9.17) is 4.74 Å². The third-order valence-corrected chi connectivity index (χ3v) is 5.67. The Morgan fingerprint density at radius 1 is 1.37 bits per heavy atom. The summed E-state index contributed by atoms with van der Waals surface area (Å²) in [5.41, 5.74) is 0.411. The lowest BCUT2D eigenvalue weighted by molar-refractivity contribution is -0.144. The van der Waals surface area contributed by atoms with E-state index in [-0.39, 0.29) is 35.2 Å². The minimum atomic E-state index is -2.93. The van der Waals surface area contributed by atoms with Crippen molar-refractivity contribution >= 4 is 18.3 Å². The van der Waals surface area contributed by atoms with Gasteiger partial charge in [-0.15, -0.1) is 12.4 Å². The van der Waals surface area contributed by atoms with Gasteiger partial charge in [-0.25, -0.2) is 0 Å². The summed E-state index contributed by atoms with van der Waals surface area (Å²) < 4.78 is 34.8. The number of carbonyl (C=O) groups excluding carboxylic acids is 1. The van der Waals surface area contributed by atoms with E-state index >= 15 is 0 Å². The molecule has 0 aromatic heterocycles. The van der Waals surface area contributed by atoms with Gasteiger partial charge in [0.25, 0.3) is 0 Å². The van der Waals surface area contributed by atoms with E-state index in [2.05, 4.69) is 10.1 Å². The molecule has 1 saturated heterocycles. The van der Waals surface area contributed by atoms with Crippen LogP contribution in [0, 0.1) is 11.3 Å². The summed E-state index contributed by atoms with van der Waals surface area (Å²) in [5, 5.41) is 3.38. The number of halogens is 3. The molecule has 1 amide bonds. The summed E-state index contributed by atoms with van der Waals surface area (Å²) in [6, 6.07) is 4.87. The average molecular weight is 405 g/mol. The molecule has 3 rings (SSSR count). The first kappa shape index (κ1) is 21.7. The van der Waals surface area contributed by atoms with E-state index in [0.717, 1.165) is 37.9 Å². The van der Waals surface area contributed by atoms with E-state index in [1.54, 1.807) is 24.1 Å². The predicted octanol–water partition coefficient (Wildman–Crippen LogP) is 3.46. The van der Waals surface area contributed by atoms with Gasteiger partial charge in [-0.2, -0.15) is 8.78 Å². The zero-order chi connectivity index (χ0) is 18.7. The maximum Gasteiger partial charge on any atom is 0.387 e. The highest BCUT2D eigenvalue weighted by Crippen LogP contribution is 2.45. The molecule has 1 aliphatic heterocycles. The van der Waals surface area contributed by atoms with E-state index in [9.17, 15) is 13.6 Å². The monoisotopic (exact) mass is 404 g/mol. The highest BCUT2D eigenvalue weighted by molar-refractivity contribution is 5.85. The molecule has 0 spiro atoms. The van der Waals surface area contributed by atoms with Crippen molar-refractivity contribution in [1.82, 2.24) is 10.2 Å². The lowest BCUT2D eigenvalue weighted by Crippen LogP contribution is -2.48. The summed E-state index contributed by atoms with van der Waals surface area (Å²) in [7, 11) is 3.18. The molecule has 1 saturated carbocycles. The fourth-order valence-electron chi connectivity index (χ4n) is 4.40. The summed E-state index contributed by atoms with van der Waals surface area (Å²) in [4.78, 5) is 14.9. The van der Waals surface area contributed by atoms with Gasteiger partial charge in [0.05, 0.1) is 12.5 Å². The number of hydrogen-bond acceptors (Lipinski definition) is 4. The number of nitrogens with zero attached hydrogens (tertiary/aromatic N) is 1. The maximum atomic E-state index is 13.2. The van der Waals surface area contributed by atoms with Crippen LogP contribution in [0.5, 0.6) is 11.5 Å². The number of methoxy groups -OCH3 is 1.